The Morgan fingerprint density at radius 1 is 0.492 bits per heavy atom. The molecule has 0 aliphatic carbocycles. The molecule has 3 unspecified atom stereocenters. The Hall–Kier alpha value is -2.96. The van der Waals surface area contributed by atoms with Crippen molar-refractivity contribution in [2.75, 3.05) is 6.61 Å². The first-order valence-electron chi connectivity index (χ1n) is 25.4. The minimum atomic E-state index is -0.806. The second-order valence-electron chi connectivity index (χ2n) is 17.0. The molecule has 3 atom stereocenters. The van der Waals surface area contributed by atoms with Gasteiger partial charge in [0.25, 0.3) is 0 Å². The molecule has 0 aromatic heterocycles. The van der Waals surface area contributed by atoms with Crippen molar-refractivity contribution in [2.45, 2.75) is 244 Å². The topological polar surface area (TPSA) is 95.9 Å². The molecule has 0 rings (SSSR count). The monoisotopic (exact) mass is 850 g/mol. The van der Waals surface area contributed by atoms with E-state index in [-0.39, 0.29) is 24.9 Å². The van der Waals surface area contributed by atoms with Crippen molar-refractivity contribution in [3.8, 4) is 0 Å². The van der Waals surface area contributed by atoms with Gasteiger partial charge in [0.1, 0.15) is 6.10 Å². The zero-order valence-corrected chi connectivity index (χ0v) is 39.8. The summed E-state index contributed by atoms with van der Waals surface area (Å²) < 4.78 is 5.90. The van der Waals surface area contributed by atoms with E-state index in [0.717, 1.165) is 96.3 Å². The van der Waals surface area contributed by atoms with Crippen LogP contribution in [0.1, 0.15) is 226 Å². The molecule has 0 saturated heterocycles. The van der Waals surface area contributed by atoms with Gasteiger partial charge in [-0.2, -0.15) is 0 Å². The van der Waals surface area contributed by atoms with E-state index in [0.29, 0.717) is 19.3 Å². The van der Waals surface area contributed by atoms with Gasteiger partial charge in [-0.05, 0) is 70.6 Å². The quantitative estimate of drug-likeness (QED) is 0.0322. The van der Waals surface area contributed by atoms with Gasteiger partial charge in [0, 0.05) is 6.42 Å². The molecule has 0 aromatic carbocycles. The zero-order valence-electron chi connectivity index (χ0n) is 39.8. The number of carbonyl (C=O) groups is 2. The maximum atomic E-state index is 13.2. The smallest absolute Gasteiger partial charge is 0.306 e. The van der Waals surface area contributed by atoms with Crippen molar-refractivity contribution in [3.05, 3.63) is 85.1 Å². The third kappa shape index (κ3) is 43.5. The van der Waals surface area contributed by atoms with E-state index in [1.807, 2.05) is 6.08 Å². The Morgan fingerprint density at radius 3 is 1.39 bits per heavy atom. The van der Waals surface area contributed by atoms with Gasteiger partial charge in [-0.3, -0.25) is 9.59 Å². The highest BCUT2D eigenvalue weighted by atomic mass is 16.5. The molecule has 0 aromatic rings. The Bertz CT molecular complexity index is 1180. The van der Waals surface area contributed by atoms with Gasteiger partial charge in [0.2, 0.25) is 5.91 Å². The Balaban J connectivity index is 4.72. The van der Waals surface area contributed by atoms with Crippen LogP contribution in [0.5, 0.6) is 0 Å². The van der Waals surface area contributed by atoms with Crippen LogP contribution in [0.2, 0.25) is 0 Å². The second kappa shape index (κ2) is 48.1. The van der Waals surface area contributed by atoms with Crippen molar-refractivity contribution in [1.82, 2.24) is 5.32 Å². The first kappa shape index (κ1) is 58.0. The number of unbranched alkanes of at least 4 members (excludes halogenated alkanes) is 23. The number of ether oxygens (including phenoxy) is 1. The van der Waals surface area contributed by atoms with Crippen LogP contribution >= 0.6 is 0 Å². The molecule has 0 aliphatic heterocycles. The van der Waals surface area contributed by atoms with Gasteiger partial charge in [-0.15, -0.1) is 0 Å². The minimum absolute atomic E-state index is 0.0391. The minimum Gasteiger partial charge on any atom is -0.462 e. The highest BCUT2D eigenvalue weighted by Crippen LogP contribution is 2.17. The van der Waals surface area contributed by atoms with E-state index in [9.17, 15) is 19.8 Å². The maximum Gasteiger partial charge on any atom is 0.306 e. The predicted octanol–water partition coefficient (Wildman–Crippen LogP) is 15.2. The molecule has 0 heterocycles. The molecule has 0 spiro atoms. The molecule has 3 N–H and O–H groups in total. The summed E-state index contributed by atoms with van der Waals surface area (Å²) in [5, 5.41) is 23.7. The van der Waals surface area contributed by atoms with E-state index in [2.05, 4.69) is 105 Å². The molecule has 61 heavy (non-hydrogen) atoms. The van der Waals surface area contributed by atoms with E-state index >= 15 is 0 Å². The molecule has 0 saturated carbocycles. The number of aliphatic hydroxyl groups excluding tert-OH is 2. The van der Waals surface area contributed by atoms with Gasteiger partial charge in [-0.25, -0.2) is 0 Å². The van der Waals surface area contributed by atoms with Crippen LogP contribution < -0.4 is 5.32 Å². The third-order valence-electron chi connectivity index (χ3n) is 11.1. The Labute approximate surface area is 376 Å². The number of allylic oxidation sites excluding steroid dienone is 14. The largest absolute Gasteiger partial charge is 0.462 e. The highest BCUT2D eigenvalue weighted by Gasteiger charge is 2.24. The lowest BCUT2D eigenvalue weighted by Gasteiger charge is -2.24. The fraction of sp³-hybridized carbons (Fsp3) is 0.709. The van der Waals surface area contributed by atoms with Crippen LogP contribution in [0.15, 0.2) is 85.1 Å². The Kier molecular flexibility index (Phi) is 45.7. The zero-order chi connectivity index (χ0) is 44.5. The summed E-state index contributed by atoms with van der Waals surface area (Å²) in [6.07, 6.45) is 62.0. The van der Waals surface area contributed by atoms with Crippen molar-refractivity contribution in [3.63, 3.8) is 0 Å². The molecule has 0 aliphatic rings. The summed E-state index contributed by atoms with van der Waals surface area (Å²) in [5.74, 6) is -0.541. The number of nitrogens with one attached hydrogen (secondary N) is 1. The fourth-order valence-electron chi connectivity index (χ4n) is 7.26. The first-order valence-corrected chi connectivity index (χ1v) is 25.4. The van der Waals surface area contributed by atoms with Crippen molar-refractivity contribution in [2.24, 2.45) is 0 Å². The van der Waals surface area contributed by atoms with Crippen LogP contribution in [0.3, 0.4) is 0 Å². The van der Waals surface area contributed by atoms with Crippen molar-refractivity contribution < 1.29 is 24.5 Å². The molecular formula is C55H95NO5. The number of rotatable bonds is 44. The summed E-state index contributed by atoms with van der Waals surface area (Å²) in [6.45, 7) is 6.29. The van der Waals surface area contributed by atoms with Gasteiger partial charge in [0.05, 0.1) is 25.2 Å². The molecule has 0 fully saturated rings. The van der Waals surface area contributed by atoms with E-state index < -0.39 is 18.2 Å². The molecule has 6 heteroatoms. The fourth-order valence-corrected chi connectivity index (χ4v) is 7.26. The lowest BCUT2D eigenvalue weighted by Crippen LogP contribution is -2.46. The predicted molar refractivity (Wildman–Crippen MR) is 264 cm³/mol. The number of esters is 1. The number of aliphatic hydroxyl groups is 2. The molecular weight excluding hydrogens is 755 g/mol. The number of carbonyl (C=O) groups excluding carboxylic acids is 2. The van der Waals surface area contributed by atoms with Crippen molar-refractivity contribution in [1.29, 1.82) is 0 Å². The van der Waals surface area contributed by atoms with Gasteiger partial charge < -0.3 is 20.3 Å². The molecule has 350 valence electrons. The van der Waals surface area contributed by atoms with E-state index in [1.54, 1.807) is 0 Å². The van der Waals surface area contributed by atoms with Crippen molar-refractivity contribution >= 4 is 11.9 Å². The van der Waals surface area contributed by atoms with Crippen LogP contribution in [0, 0.1) is 0 Å². The van der Waals surface area contributed by atoms with Gasteiger partial charge >= 0.3 is 5.97 Å². The van der Waals surface area contributed by atoms with Crippen LogP contribution in [0.4, 0.5) is 0 Å². The highest BCUT2D eigenvalue weighted by molar-refractivity contribution is 5.77. The van der Waals surface area contributed by atoms with E-state index in [4.69, 9.17) is 4.74 Å². The summed E-state index contributed by atoms with van der Waals surface area (Å²) in [6, 6.07) is -0.723. The number of amides is 1. The average molecular weight is 850 g/mol. The summed E-state index contributed by atoms with van der Waals surface area (Å²) >= 11 is 0. The lowest BCUT2D eigenvalue weighted by molar-refractivity contribution is -0.151. The summed E-state index contributed by atoms with van der Waals surface area (Å²) in [5.41, 5.74) is 0. The first-order chi connectivity index (χ1) is 30.0. The lowest BCUT2D eigenvalue weighted by atomic mass is 10.0. The third-order valence-corrected chi connectivity index (χ3v) is 11.1. The average Bonchev–Trinajstić information content (AvgIpc) is 3.25. The molecule has 0 bridgehead atoms. The van der Waals surface area contributed by atoms with Gasteiger partial charge in [0.15, 0.2) is 0 Å². The molecule has 0 radical (unpaired) electrons. The standard InChI is InChI=1S/C55H95NO5/c1-4-7-10-13-16-19-22-25-26-27-30-31-34-37-40-43-46-51(61-55(60)48-45-42-39-36-33-29-24-21-18-15-12-9-6-3)49-54(59)56-52(50-57)53(58)47-44-41-38-35-32-28-23-20-17-14-11-8-5-2/h9,12,15-16,18-19,21-22,24-27,30-31,51-53,57-58H,4-8,10-11,13-14,17,20,23,28-29,32-50H2,1-3H3,(H,56,59)/b12-9+,18-15+,19-16+,24-21-,25-22+,27-26+,31-30+. The Morgan fingerprint density at radius 2 is 0.885 bits per heavy atom. The van der Waals surface area contributed by atoms with Gasteiger partial charge in [-0.1, -0.05) is 228 Å². The van der Waals surface area contributed by atoms with Crippen LogP contribution in [-0.2, 0) is 14.3 Å². The summed E-state index contributed by atoms with van der Waals surface area (Å²) in [4.78, 5) is 26.1. The maximum absolute atomic E-state index is 13.2. The second-order valence-corrected chi connectivity index (χ2v) is 17.0. The SMILES string of the molecule is CC/C=C/C=C/C=C\CCCCCCCC(=O)OC(CCCCC/C=C/C=C/C=C/C=C/CCCCC)CC(=O)NC(CO)C(O)CCCCCCCCCCCCCCC. The number of hydrogen-bond acceptors (Lipinski definition) is 5. The summed E-state index contributed by atoms with van der Waals surface area (Å²) in [7, 11) is 0. The molecule has 6 nitrogen and oxygen atoms in total. The van der Waals surface area contributed by atoms with Crippen LogP contribution in [0.25, 0.3) is 0 Å². The van der Waals surface area contributed by atoms with E-state index in [1.165, 1.54) is 83.5 Å². The molecule has 1 amide bonds. The number of hydrogen-bond donors (Lipinski definition) is 3. The van der Waals surface area contributed by atoms with Crippen LogP contribution in [-0.4, -0.2) is 46.9 Å². The normalized spacial score (nSPS) is 14.0.